The molecule has 184 valence electrons. The van der Waals surface area contributed by atoms with Crippen molar-refractivity contribution in [3.8, 4) is 6.07 Å². The van der Waals surface area contributed by atoms with Crippen molar-refractivity contribution in [2.45, 2.75) is 45.3 Å². The minimum atomic E-state index is -4.55. The molecule has 0 spiro atoms. The predicted octanol–water partition coefficient (Wildman–Crippen LogP) is 6.58. The van der Waals surface area contributed by atoms with Crippen LogP contribution in [0.15, 0.2) is 58.2 Å². The van der Waals surface area contributed by atoms with E-state index in [1.165, 1.54) is 24.3 Å². The lowest BCUT2D eigenvalue weighted by molar-refractivity contribution is -0.137. The van der Waals surface area contributed by atoms with Gasteiger partial charge in [0.2, 0.25) is 0 Å². The van der Waals surface area contributed by atoms with Crippen molar-refractivity contribution in [2.24, 2.45) is 5.41 Å². The number of hydrogen-bond donors (Lipinski definition) is 3. The number of nitrogens with zero attached hydrogens (tertiary/aromatic N) is 1. The van der Waals surface area contributed by atoms with Crippen molar-refractivity contribution in [1.82, 2.24) is 5.32 Å². The molecule has 0 fully saturated rings. The van der Waals surface area contributed by atoms with Gasteiger partial charge in [-0.3, -0.25) is 4.79 Å². The van der Waals surface area contributed by atoms with Gasteiger partial charge in [0, 0.05) is 27.9 Å². The number of benzene rings is 2. The monoisotopic (exact) mass is 549 g/mol. The quantitative estimate of drug-likeness (QED) is 0.391. The fourth-order valence-electron chi connectivity index (χ4n) is 4.44. The Morgan fingerprint density at radius 1 is 1.11 bits per heavy atom. The summed E-state index contributed by atoms with van der Waals surface area (Å²) in [7, 11) is 0. The van der Waals surface area contributed by atoms with Gasteiger partial charge >= 0.3 is 12.3 Å². The van der Waals surface area contributed by atoms with E-state index in [-0.39, 0.29) is 29.9 Å². The molecule has 1 unspecified atom stereocenters. The maximum atomic E-state index is 13.3. The highest BCUT2D eigenvalue weighted by Crippen LogP contribution is 2.51. The highest BCUT2D eigenvalue weighted by Gasteiger charge is 2.53. The second-order valence-corrected chi connectivity index (χ2v) is 10.1. The highest BCUT2D eigenvalue weighted by molar-refractivity contribution is 9.10. The van der Waals surface area contributed by atoms with Gasteiger partial charge in [0.05, 0.1) is 17.2 Å². The minimum Gasteiger partial charge on any atom is -0.465 e. The molecule has 0 radical (unpaired) electrons. The number of carbonyl (C=O) groups is 2. The van der Waals surface area contributed by atoms with E-state index >= 15 is 0 Å². The van der Waals surface area contributed by atoms with Gasteiger partial charge in [-0.15, -0.1) is 0 Å². The molecule has 0 aromatic heterocycles. The summed E-state index contributed by atoms with van der Waals surface area (Å²) in [5, 5.41) is 24.6. The minimum absolute atomic E-state index is 0.0592. The Morgan fingerprint density at radius 3 is 2.34 bits per heavy atom. The first-order chi connectivity index (χ1) is 16.2. The van der Waals surface area contributed by atoms with Gasteiger partial charge in [0.15, 0.2) is 5.78 Å². The van der Waals surface area contributed by atoms with Crippen LogP contribution < -0.4 is 10.6 Å². The summed E-state index contributed by atoms with van der Waals surface area (Å²) in [6, 6.07) is 11.2. The third kappa shape index (κ3) is 5.05. The number of anilines is 1. The van der Waals surface area contributed by atoms with Crippen LogP contribution in [0.1, 0.15) is 50.3 Å². The van der Waals surface area contributed by atoms with Crippen LogP contribution in [0.4, 0.5) is 23.7 Å². The molecule has 2 aromatic rings. The second-order valence-electron chi connectivity index (χ2n) is 9.22. The Morgan fingerprint density at radius 2 is 1.80 bits per heavy atom. The number of rotatable bonds is 5. The number of nitriles is 1. The molecular weight excluding hydrogens is 527 g/mol. The maximum Gasteiger partial charge on any atom is 0.416 e. The van der Waals surface area contributed by atoms with E-state index in [1.54, 1.807) is 26.8 Å². The predicted molar refractivity (Wildman–Crippen MR) is 127 cm³/mol. The standard InChI is InChI=1S/C25H23BrF3N3O3/c1-23(2,3)24(32-22(34)35,17-8-7-14(13-30)11-18(17)26)21-19(9-10-20(21)33)31-16-6-4-5-15(12-16)25(27,28)29/h4-8,11-12,31-32H,9-10H2,1-3H3,(H,34,35). The molecule has 1 aliphatic carbocycles. The van der Waals surface area contributed by atoms with E-state index in [2.05, 4.69) is 26.6 Å². The Kier molecular flexibility index (Phi) is 7.04. The van der Waals surface area contributed by atoms with Crippen LogP contribution in [0.25, 0.3) is 0 Å². The third-order valence-electron chi connectivity index (χ3n) is 5.96. The van der Waals surface area contributed by atoms with Crippen molar-refractivity contribution in [3.63, 3.8) is 0 Å². The number of allylic oxidation sites excluding steroid dienone is 1. The summed E-state index contributed by atoms with van der Waals surface area (Å²) < 4.78 is 40.1. The van der Waals surface area contributed by atoms with Crippen molar-refractivity contribution in [3.05, 3.63) is 74.9 Å². The van der Waals surface area contributed by atoms with E-state index < -0.39 is 28.8 Å². The zero-order valence-corrected chi connectivity index (χ0v) is 20.8. The molecule has 1 aliphatic rings. The van der Waals surface area contributed by atoms with E-state index in [1.807, 2.05) is 6.07 Å². The van der Waals surface area contributed by atoms with E-state index in [0.717, 1.165) is 12.1 Å². The van der Waals surface area contributed by atoms with Crippen LogP contribution in [-0.4, -0.2) is 17.0 Å². The van der Waals surface area contributed by atoms with Crippen molar-refractivity contribution in [1.29, 1.82) is 5.26 Å². The van der Waals surface area contributed by atoms with Gasteiger partial charge in [-0.2, -0.15) is 18.4 Å². The van der Waals surface area contributed by atoms with Crippen molar-refractivity contribution in [2.75, 3.05) is 5.32 Å². The number of halogens is 4. The average molecular weight is 550 g/mol. The summed E-state index contributed by atoms with van der Waals surface area (Å²) in [6.45, 7) is 5.27. The molecule has 1 amide bonds. The molecule has 3 N–H and O–H groups in total. The summed E-state index contributed by atoms with van der Waals surface area (Å²) in [4.78, 5) is 25.4. The van der Waals surface area contributed by atoms with Crippen LogP contribution in [0.3, 0.4) is 0 Å². The third-order valence-corrected chi connectivity index (χ3v) is 6.62. The lowest BCUT2D eigenvalue weighted by Crippen LogP contribution is -2.57. The van der Waals surface area contributed by atoms with Crippen molar-refractivity contribution < 1.29 is 27.9 Å². The Bertz CT molecular complexity index is 1260. The fourth-order valence-corrected chi connectivity index (χ4v) is 5.12. The summed E-state index contributed by atoms with van der Waals surface area (Å²) >= 11 is 3.43. The number of ketones is 1. The largest absolute Gasteiger partial charge is 0.465 e. The number of nitrogens with one attached hydrogen (secondary N) is 2. The Hall–Kier alpha value is -3.32. The molecule has 0 bridgehead atoms. The molecule has 6 nitrogen and oxygen atoms in total. The normalized spacial score (nSPS) is 16.0. The van der Waals surface area contributed by atoms with Gasteiger partial charge in [0.25, 0.3) is 0 Å². The van der Waals surface area contributed by atoms with Crippen LogP contribution >= 0.6 is 15.9 Å². The SMILES string of the molecule is CC(C)(C)C(NC(=O)O)(C1=C(Nc2cccc(C(F)(F)F)c2)CCC1=O)c1ccc(C#N)cc1Br. The zero-order chi connectivity index (χ0) is 26.2. The molecule has 0 saturated heterocycles. The number of hydrogen-bond acceptors (Lipinski definition) is 4. The van der Waals surface area contributed by atoms with Crippen LogP contribution in [0.2, 0.25) is 0 Å². The molecule has 0 saturated carbocycles. The van der Waals surface area contributed by atoms with Gasteiger partial charge in [-0.1, -0.05) is 48.8 Å². The molecule has 1 atom stereocenters. The van der Waals surface area contributed by atoms with E-state index in [9.17, 15) is 33.1 Å². The van der Waals surface area contributed by atoms with Crippen LogP contribution in [0.5, 0.6) is 0 Å². The first kappa shape index (κ1) is 26.3. The zero-order valence-electron chi connectivity index (χ0n) is 19.2. The maximum absolute atomic E-state index is 13.3. The van der Waals surface area contributed by atoms with Crippen molar-refractivity contribution >= 4 is 33.5 Å². The molecular formula is C25H23BrF3N3O3. The van der Waals surface area contributed by atoms with Gasteiger partial charge in [0.1, 0.15) is 5.54 Å². The first-order valence-corrected chi connectivity index (χ1v) is 11.4. The van der Waals surface area contributed by atoms with Crippen LogP contribution in [0, 0.1) is 16.7 Å². The molecule has 3 rings (SSSR count). The smallest absolute Gasteiger partial charge is 0.416 e. The molecule has 0 aliphatic heterocycles. The summed E-state index contributed by atoms with van der Waals surface area (Å²) in [6.07, 6.45) is -5.68. The summed E-state index contributed by atoms with van der Waals surface area (Å²) in [5.74, 6) is -0.334. The average Bonchev–Trinajstić information content (AvgIpc) is 3.10. The fraction of sp³-hybridized carbons (Fsp3) is 0.320. The highest BCUT2D eigenvalue weighted by atomic mass is 79.9. The van der Waals surface area contributed by atoms with Gasteiger partial charge in [-0.05, 0) is 47.7 Å². The lowest BCUT2D eigenvalue weighted by Gasteiger charge is -2.46. The van der Waals surface area contributed by atoms with Gasteiger partial charge in [-0.25, -0.2) is 4.79 Å². The molecule has 2 aromatic carbocycles. The number of carboxylic acid groups (broad SMARTS) is 1. The topological polar surface area (TPSA) is 102 Å². The lowest BCUT2D eigenvalue weighted by atomic mass is 9.64. The van der Waals surface area contributed by atoms with E-state index in [0.29, 0.717) is 21.3 Å². The first-order valence-electron chi connectivity index (χ1n) is 10.6. The molecule has 0 heterocycles. The van der Waals surface area contributed by atoms with Crippen LogP contribution in [-0.2, 0) is 16.5 Å². The Balaban J connectivity index is 2.30. The number of Topliss-reactive ketones (excluding diaryl/α,β-unsaturated/α-hetero) is 1. The molecule has 35 heavy (non-hydrogen) atoms. The second kappa shape index (κ2) is 9.38. The Labute approximate surface area is 209 Å². The summed E-state index contributed by atoms with van der Waals surface area (Å²) in [5.41, 5.74) is -2.06. The van der Waals surface area contributed by atoms with Gasteiger partial charge < -0.3 is 15.7 Å². The molecule has 10 heteroatoms. The number of alkyl halides is 3. The number of amides is 1. The number of carbonyl (C=O) groups excluding carboxylic acids is 1. The van der Waals surface area contributed by atoms with E-state index in [4.69, 9.17) is 0 Å².